The summed E-state index contributed by atoms with van der Waals surface area (Å²) in [7, 11) is 0. The molecule has 1 heterocycles. The van der Waals surface area contributed by atoms with Crippen molar-refractivity contribution in [1.29, 1.82) is 0 Å². The summed E-state index contributed by atoms with van der Waals surface area (Å²) in [6.45, 7) is 6.61. The summed E-state index contributed by atoms with van der Waals surface area (Å²) in [5.41, 5.74) is 4.31. The summed E-state index contributed by atoms with van der Waals surface area (Å²) in [4.78, 5) is 4.75. The van der Waals surface area contributed by atoms with Crippen LogP contribution in [0.1, 0.15) is 26.3 Å². The Morgan fingerprint density at radius 1 is 0.905 bits per heavy atom. The minimum Gasteiger partial charge on any atom is -0.248 e. The molecule has 0 radical (unpaired) electrons. The number of halogens is 1. The molecule has 2 heteroatoms. The Kier molecular flexibility index (Phi) is 3.46. The molecule has 0 amide bonds. The van der Waals surface area contributed by atoms with Gasteiger partial charge in [-0.25, -0.2) is 4.98 Å². The first kappa shape index (κ1) is 14.1. The highest BCUT2D eigenvalue weighted by atomic mass is 35.5. The number of rotatable bonds is 1. The average molecular weight is 296 g/mol. The second kappa shape index (κ2) is 5.16. The van der Waals surface area contributed by atoms with Crippen molar-refractivity contribution in [2.75, 3.05) is 0 Å². The molecule has 0 aliphatic heterocycles. The molecule has 106 valence electrons. The van der Waals surface area contributed by atoms with Crippen LogP contribution in [0.15, 0.2) is 54.6 Å². The fraction of sp³-hybridized carbons (Fsp3) is 0.211. The molecule has 21 heavy (non-hydrogen) atoms. The van der Waals surface area contributed by atoms with Crippen LogP contribution in [0.2, 0.25) is 5.02 Å². The summed E-state index contributed by atoms with van der Waals surface area (Å²) in [6.07, 6.45) is 0. The zero-order chi connectivity index (χ0) is 15.0. The first-order valence-corrected chi connectivity index (χ1v) is 7.49. The van der Waals surface area contributed by atoms with Gasteiger partial charge in [0.2, 0.25) is 0 Å². The Morgan fingerprint density at radius 3 is 2.29 bits per heavy atom. The number of fused-ring (bicyclic) bond motifs is 1. The summed E-state index contributed by atoms with van der Waals surface area (Å²) in [5, 5.41) is 1.77. The molecule has 3 aromatic rings. The third-order valence-corrected chi connectivity index (χ3v) is 4.01. The van der Waals surface area contributed by atoms with Crippen molar-refractivity contribution < 1.29 is 0 Å². The first-order valence-electron chi connectivity index (χ1n) is 7.11. The van der Waals surface area contributed by atoms with Crippen LogP contribution >= 0.6 is 11.6 Å². The first-order chi connectivity index (χ1) is 9.95. The van der Waals surface area contributed by atoms with Crippen LogP contribution in [0, 0.1) is 0 Å². The van der Waals surface area contributed by atoms with Gasteiger partial charge in [-0.3, -0.25) is 0 Å². The predicted molar refractivity (Wildman–Crippen MR) is 90.9 cm³/mol. The molecule has 2 aromatic carbocycles. The monoisotopic (exact) mass is 295 g/mol. The van der Waals surface area contributed by atoms with E-state index < -0.39 is 0 Å². The summed E-state index contributed by atoms with van der Waals surface area (Å²) in [5.74, 6) is 0. The second-order valence-corrected chi connectivity index (χ2v) is 6.74. The Hall–Kier alpha value is -1.86. The van der Waals surface area contributed by atoms with Gasteiger partial charge in [0.1, 0.15) is 0 Å². The van der Waals surface area contributed by atoms with Gasteiger partial charge < -0.3 is 0 Å². The molecule has 0 N–H and O–H groups in total. The number of pyridine rings is 1. The lowest BCUT2D eigenvalue weighted by molar-refractivity contribution is 0.591. The molecule has 0 bridgehead atoms. The highest BCUT2D eigenvalue weighted by Gasteiger charge is 2.15. The van der Waals surface area contributed by atoms with E-state index in [0.717, 1.165) is 27.2 Å². The highest BCUT2D eigenvalue weighted by Crippen LogP contribution is 2.31. The summed E-state index contributed by atoms with van der Waals surface area (Å²) < 4.78 is 0. The minimum absolute atomic E-state index is 0.107. The number of hydrogen-bond donors (Lipinski definition) is 0. The zero-order valence-electron chi connectivity index (χ0n) is 12.5. The van der Waals surface area contributed by atoms with E-state index in [1.807, 2.05) is 36.4 Å². The third kappa shape index (κ3) is 2.79. The smallest absolute Gasteiger partial charge is 0.0724 e. The molecule has 0 aliphatic rings. The van der Waals surface area contributed by atoms with E-state index in [-0.39, 0.29) is 5.41 Å². The van der Waals surface area contributed by atoms with Crippen molar-refractivity contribution in [2.45, 2.75) is 26.2 Å². The van der Waals surface area contributed by atoms with Crippen LogP contribution in [0.25, 0.3) is 22.2 Å². The van der Waals surface area contributed by atoms with Gasteiger partial charge in [-0.2, -0.15) is 0 Å². The maximum Gasteiger partial charge on any atom is 0.0724 e. The summed E-state index contributed by atoms with van der Waals surface area (Å²) >= 11 is 6.49. The number of aromatic nitrogens is 1. The molecule has 0 spiro atoms. The molecule has 1 nitrogen and oxygen atoms in total. The van der Waals surface area contributed by atoms with Crippen LogP contribution in [-0.2, 0) is 5.41 Å². The van der Waals surface area contributed by atoms with E-state index in [4.69, 9.17) is 16.6 Å². The second-order valence-electron chi connectivity index (χ2n) is 6.34. The van der Waals surface area contributed by atoms with Crippen molar-refractivity contribution in [3.63, 3.8) is 0 Å². The lowest BCUT2D eigenvalue weighted by atomic mass is 9.86. The van der Waals surface area contributed by atoms with Crippen LogP contribution in [0.4, 0.5) is 0 Å². The molecule has 0 fully saturated rings. The number of hydrogen-bond acceptors (Lipinski definition) is 1. The molecular formula is C19H18ClN. The standard InChI is InChI=1S/C19H18ClN/c1-19(2,3)14-9-10-17-15(11-14)16(20)12-18(21-17)13-7-5-4-6-8-13/h4-12H,1-3H3. The van der Waals surface area contributed by atoms with Gasteiger partial charge >= 0.3 is 0 Å². The van der Waals surface area contributed by atoms with Crippen LogP contribution in [-0.4, -0.2) is 4.98 Å². The van der Waals surface area contributed by atoms with Crippen molar-refractivity contribution in [3.8, 4) is 11.3 Å². The lowest BCUT2D eigenvalue weighted by Gasteiger charge is -2.19. The van der Waals surface area contributed by atoms with Crippen molar-refractivity contribution in [3.05, 3.63) is 65.2 Å². The van der Waals surface area contributed by atoms with Gasteiger partial charge in [0, 0.05) is 10.9 Å². The molecule has 0 aliphatic carbocycles. The predicted octanol–water partition coefficient (Wildman–Crippen LogP) is 5.85. The van der Waals surface area contributed by atoms with Gasteiger partial charge in [0.25, 0.3) is 0 Å². The normalized spacial score (nSPS) is 11.8. The van der Waals surface area contributed by atoms with E-state index in [1.165, 1.54) is 5.56 Å². The fourth-order valence-corrected chi connectivity index (χ4v) is 2.66. The van der Waals surface area contributed by atoms with Crippen LogP contribution in [0.3, 0.4) is 0 Å². The van der Waals surface area contributed by atoms with Crippen molar-refractivity contribution in [1.82, 2.24) is 4.98 Å². The Bertz CT molecular complexity index is 786. The van der Waals surface area contributed by atoms with E-state index in [9.17, 15) is 0 Å². The van der Waals surface area contributed by atoms with Gasteiger partial charge in [-0.1, -0.05) is 68.8 Å². The van der Waals surface area contributed by atoms with E-state index in [1.54, 1.807) is 0 Å². The van der Waals surface area contributed by atoms with Crippen molar-refractivity contribution >= 4 is 22.5 Å². The Labute approximate surface area is 130 Å². The van der Waals surface area contributed by atoms with Crippen molar-refractivity contribution in [2.24, 2.45) is 0 Å². The van der Waals surface area contributed by atoms with E-state index in [2.05, 4.69) is 39.0 Å². The molecule has 3 rings (SSSR count). The average Bonchev–Trinajstić information content (AvgIpc) is 2.47. The molecule has 0 unspecified atom stereocenters. The van der Waals surface area contributed by atoms with E-state index in [0.29, 0.717) is 0 Å². The zero-order valence-corrected chi connectivity index (χ0v) is 13.3. The quantitative estimate of drug-likeness (QED) is 0.548. The summed E-state index contributed by atoms with van der Waals surface area (Å²) in [6, 6.07) is 18.4. The molecule has 0 saturated carbocycles. The van der Waals surface area contributed by atoms with Gasteiger partial charge in [-0.05, 0) is 29.2 Å². The molecule has 0 atom stereocenters. The Morgan fingerprint density at radius 2 is 1.62 bits per heavy atom. The maximum atomic E-state index is 6.49. The molecule has 1 aromatic heterocycles. The van der Waals surface area contributed by atoms with Gasteiger partial charge in [-0.15, -0.1) is 0 Å². The molecule has 0 saturated heterocycles. The number of benzene rings is 2. The number of nitrogens with zero attached hydrogens (tertiary/aromatic N) is 1. The lowest BCUT2D eigenvalue weighted by Crippen LogP contribution is -2.10. The maximum absolute atomic E-state index is 6.49. The van der Waals surface area contributed by atoms with E-state index >= 15 is 0 Å². The van der Waals surface area contributed by atoms with Gasteiger partial charge in [0.15, 0.2) is 0 Å². The SMILES string of the molecule is CC(C)(C)c1ccc2nc(-c3ccccc3)cc(Cl)c2c1. The van der Waals surface area contributed by atoms with Crippen LogP contribution in [0.5, 0.6) is 0 Å². The third-order valence-electron chi connectivity index (χ3n) is 3.69. The topological polar surface area (TPSA) is 12.9 Å². The Balaban J connectivity index is 2.18. The largest absolute Gasteiger partial charge is 0.248 e. The molecular weight excluding hydrogens is 278 g/mol. The van der Waals surface area contributed by atoms with Crippen LogP contribution < -0.4 is 0 Å². The minimum atomic E-state index is 0.107. The fourth-order valence-electron chi connectivity index (χ4n) is 2.41. The highest BCUT2D eigenvalue weighted by molar-refractivity contribution is 6.35. The van der Waals surface area contributed by atoms with Gasteiger partial charge in [0.05, 0.1) is 16.2 Å².